The molecule has 0 bridgehead atoms. The number of aromatic nitrogens is 2. The summed E-state index contributed by atoms with van der Waals surface area (Å²) in [6.45, 7) is 4.93. The number of carbonyl (C=O) groups excluding carboxylic acids is 1. The van der Waals surface area contributed by atoms with E-state index in [0.29, 0.717) is 18.8 Å². The summed E-state index contributed by atoms with van der Waals surface area (Å²) in [6, 6.07) is 9.49. The third-order valence-corrected chi connectivity index (χ3v) is 7.89. The number of halogens is 1. The highest BCUT2D eigenvalue weighted by molar-refractivity contribution is 7.89. The van der Waals surface area contributed by atoms with Gasteiger partial charge in [-0.25, -0.2) is 13.4 Å². The summed E-state index contributed by atoms with van der Waals surface area (Å²) >= 11 is 6.23. The van der Waals surface area contributed by atoms with Gasteiger partial charge < -0.3 is 15.0 Å². The fraction of sp³-hybridized carbons (Fsp3) is 0.364. The second-order valence-electron chi connectivity index (χ2n) is 7.54. The highest BCUT2D eigenvalue weighted by atomic mass is 35.5. The number of sulfonamides is 1. The molecule has 0 radical (unpaired) electrons. The first-order valence-electron chi connectivity index (χ1n) is 10.6. The molecule has 4 rings (SSSR count). The van der Waals surface area contributed by atoms with Crippen LogP contribution in [0.4, 0.5) is 5.69 Å². The Morgan fingerprint density at radius 3 is 2.72 bits per heavy atom. The predicted octanol–water partition coefficient (Wildman–Crippen LogP) is 4.35. The van der Waals surface area contributed by atoms with E-state index in [9.17, 15) is 13.2 Å². The van der Waals surface area contributed by atoms with Gasteiger partial charge in [0.2, 0.25) is 10.0 Å². The van der Waals surface area contributed by atoms with E-state index in [4.69, 9.17) is 16.3 Å². The topological polar surface area (TPSA) is 104 Å². The van der Waals surface area contributed by atoms with Crippen molar-refractivity contribution >= 4 is 44.3 Å². The maximum absolute atomic E-state index is 12.9. The molecule has 0 saturated carbocycles. The van der Waals surface area contributed by atoms with E-state index in [2.05, 4.69) is 15.3 Å². The lowest BCUT2D eigenvalue weighted by Crippen LogP contribution is -2.30. The van der Waals surface area contributed by atoms with Crippen molar-refractivity contribution in [1.29, 1.82) is 0 Å². The molecule has 8 nitrogen and oxygen atoms in total. The molecule has 1 amide bonds. The van der Waals surface area contributed by atoms with Crippen LogP contribution in [0.25, 0.3) is 11.0 Å². The molecule has 1 saturated heterocycles. The average molecular weight is 477 g/mol. The first-order valence-corrected chi connectivity index (χ1v) is 12.4. The molecule has 2 aromatic carbocycles. The Kier molecular flexibility index (Phi) is 6.52. The Bertz CT molecular complexity index is 1250. The van der Waals surface area contributed by atoms with E-state index in [1.807, 2.05) is 6.07 Å². The summed E-state index contributed by atoms with van der Waals surface area (Å²) in [6.07, 6.45) is 1.90. The van der Waals surface area contributed by atoms with Gasteiger partial charge in [0, 0.05) is 25.4 Å². The molecule has 1 fully saturated rings. The number of anilines is 1. The first kappa shape index (κ1) is 22.7. The van der Waals surface area contributed by atoms with Crippen LogP contribution in [0, 0.1) is 0 Å². The van der Waals surface area contributed by atoms with Gasteiger partial charge in [-0.1, -0.05) is 25.4 Å². The van der Waals surface area contributed by atoms with E-state index in [1.165, 1.54) is 22.5 Å². The normalized spacial score (nSPS) is 16.7. The quantitative estimate of drug-likeness (QED) is 0.527. The molecule has 3 aromatic rings. The molecule has 32 heavy (non-hydrogen) atoms. The summed E-state index contributed by atoms with van der Waals surface area (Å²) in [4.78, 5) is 20.8. The molecule has 0 unspecified atom stereocenters. The Hall–Kier alpha value is -2.46. The van der Waals surface area contributed by atoms with Crippen LogP contribution in [0.2, 0.25) is 5.02 Å². The van der Waals surface area contributed by atoms with Crippen molar-refractivity contribution in [3.05, 3.63) is 52.8 Å². The molecule has 1 atom stereocenters. The number of hydrogen-bond donors (Lipinski definition) is 2. The number of fused-ring (bicyclic) bond motifs is 1. The maximum Gasteiger partial charge on any atom is 0.257 e. The van der Waals surface area contributed by atoms with Crippen LogP contribution < -0.4 is 5.32 Å². The zero-order valence-corrected chi connectivity index (χ0v) is 19.5. The number of benzene rings is 2. The number of nitrogens with one attached hydrogen (secondary N) is 2. The lowest BCUT2D eigenvalue weighted by atomic mass is 10.2. The fourth-order valence-corrected chi connectivity index (χ4v) is 5.49. The van der Waals surface area contributed by atoms with Crippen molar-refractivity contribution in [1.82, 2.24) is 14.3 Å². The Balaban J connectivity index is 1.59. The Morgan fingerprint density at radius 1 is 1.25 bits per heavy atom. The number of amides is 1. The second kappa shape index (κ2) is 9.19. The van der Waals surface area contributed by atoms with E-state index in [-0.39, 0.29) is 21.6 Å². The zero-order valence-electron chi connectivity index (χ0n) is 17.9. The van der Waals surface area contributed by atoms with Crippen LogP contribution in [0.5, 0.6) is 0 Å². The number of carbonyl (C=O) groups is 1. The average Bonchev–Trinajstić information content (AvgIpc) is 3.44. The summed E-state index contributed by atoms with van der Waals surface area (Å²) in [5.74, 6) is 0.281. The predicted molar refractivity (Wildman–Crippen MR) is 124 cm³/mol. The molecule has 2 heterocycles. The zero-order chi connectivity index (χ0) is 22.9. The van der Waals surface area contributed by atoms with Crippen LogP contribution >= 0.6 is 11.6 Å². The number of imidazole rings is 1. The summed E-state index contributed by atoms with van der Waals surface area (Å²) in [5.41, 5.74) is 2.18. The van der Waals surface area contributed by atoms with Gasteiger partial charge >= 0.3 is 0 Å². The molecule has 0 spiro atoms. The van der Waals surface area contributed by atoms with E-state index < -0.39 is 15.9 Å². The van der Waals surface area contributed by atoms with Gasteiger partial charge in [0.25, 0.3) is 5.91 Å². The minimum Gasteiger partial charge on any atom is -0.370 e. The highest BCUT2D eigenvalue weighted by Crippen LogP contribution is 2.29. The molecule has 10 heteroatoms. The van der Waals surface area contributed by atoms with Crippen LogP contribution in [-0.2, 0) is 14.8 Å². The van der Waals surface area contributed by atoms with Crippen molar-refractivity contribution in [3.8, 4) is 0 Å². The number of aromatic amines is 1. The van der Waals surface area contributed by atoms with Gasteiger partial charge in [-0.15, -0.1) is 0 Å². The van der Waals surface area contributed by atoms with Crippen molar-refractivity contribution in [2.24, 2.45) is 0 Å². The maximum atomic E-state index is 12.9. The number of ether oxygens (including phenoxy) is 1. The lowest BCUT2D eigenvalue weighted by molar-refractivity contribution is 0.102. The minimum atomic E-state index is -3.71. The molecule has 2 N–H and O–H groups in total. The number of rotatable bonds is 7. The van der Waals surface area contributed by atoms with Crippen LogP contribution in [0.15, 0.2) is 41.3 Å². The van der Waals surface area contributed by atoms with Gasteiger partial charge in [0.1, 0.15) is 11.9 Å². The molecular weight excluding hydrogens is 452 g/mol. The van der Waals surface area contributed by atoms with Gasteiger partial charge in [-0.05, 0) is 49.2 Å². The molecule has 1 aliphatic rings. The Morgan fingerprint density at radius 2 is 2.03 bits per heavy atom. The summed E-state index contributed by atoms with van der Waals surface area (Å²) in [7, 11) is -3.71. The van der Waals surface area contributed by atoms with Crippen molar-refractivity contribution in [3.63, 3.8) is 0 Å². The second-order valence-corrected chi connectivity index (χ2v) is 9.89. The number of H-pyrrole nitrogens is 1. The monoisotopic (exact) mass is 476 g/mol. The molecule has 170 valence electrons. The van der Waals surface area contributed by atoms with Crippen molar-refractivity contribution in [2.75, 3.05) is 25.0 Å². The standard InChI is InChI=1S/C22H25ClN4O4S/c1-3-27(4-2)32(29,30)15-8-9-17(23)16(13-15)22(28)24-14-7-10-18-19(12-14)26-21(25-18)20-6-5-11-31-20/h7-10,12-13,20H,3-6,11H2,1-2H3,(H,24,28)(H,25,26)/t20-/m1/s1. The van der Waals surface area contributed by atoms with Crippen LogP contribution in [0.1, 0.15) is 49.0 Å². The van der Waals surface area contributed by atoms with E-state index in [0.717, 1.165) is 36.3 Å². The minimum absolute atomic E-state index is 0.0287. The van der Waals surface area contributed by atoms with Crippen molar-refractivity contribution in [2.45, 2.75) is 37.7 Å². The Labute approximate surface area is 192 Å². The largest absolute Gasteiger partial charge is 0.370 e. The SMILES string of the molecule is CCN(CC)S(=O)(=O)c1ccc(Cl)c(C(=O)Nc2ccc3nc([C@H]4CCCO4)[nH]c3c2)c1. The van der Waals surface area contributed by atoms with Gasteiger partial charge in [-0.2, -0.15) is 4.31 Å². The van der Waals surface area contributed by atoms with Crippen LogP contribution in [0.3, 0.4) is 0 Å². The van der Waals surface area contributed by atoms with Gasteiger partial charge in [0.05, 0.1) is 26.5 Å². The van der Waals surface area contributed by atoms with E-state index in [1.54, 1.807) is 26.0 Å². The molecular formula is C22H25ClN4O4S. The summed E-state index contributed by atoms with van der Waals surface area (Å²) in [5, 5.41) is 2.97. The highest BCUT2D eigenvalue weighted by Gasteiger charge is 2.24. The fourth-order valence-electron chi connectivity index (χ4n) is 3.80. The molecule has 1 aliphatic heterocycles. The van der Waals surface area contributed by atoms with Crippen LogP contribution in [-0.4, -0.2) is 48.3 Å². The lowest BCUT2D eigenvalue weighted by Gasteiger charge is -2.19. The third-order valence-electron chi connectivity index (χ3n) is 5.52. The van der Waals surface area contributed by atoms with Gasteiger partial charge in [-0.3, -0.25) is 4.79 Å². The summed E-state index contributed by atoms with van der Waals surface area (Å²) < 4.78 is 32.7. The third kappa shape index (κ3) is 4.38. The smallest absolute Gasteiger partial charge is 0.257 e. The van der Waals surface area contributed by atoms with Crippen molar-refractivity contribution < 1.29 is 17.9 Å². The van der Waals surface area contributed by atoms with E-state index >= 15 is 0 Å². The first-order chi connectivity index (χ1) is 15.3. The molecule has 1 aromatic heterocycles. The molecule has 0 aliphatic carbocycles. The number of nitrogens with zero attached hydrogens (tertiary/aromatic N) is 2. The van der Waals surface area contributed by atoms with Gasteiger partial charge in [0.15, 0.2) is 0 Å². The number of hydrogen-bond acceptors (Lipinski definition) is 5.